The molecule has 1 aliphatic rings. The summed E-state index contributed by atoms with van der Waals surface area (Å²) in [5, 5.41) is 9.39. The van der Waals surface area contributed by atoms with Crippen LogP contribution in [0.4, 0.5) is 4.39 Å². The van der Waals surface area contributed by atoms with E-state index < -0.39 is 17.7 Å². The van der Waals surface area contributed by atoms with Gasteiger partial charge in [0.15, 0.2) is 11.5 Å². The van der Waals surface area contributed by atoms with Gasteiger partial charge in [-0.25, -0.2) is 4.39 Å². The lowest BCUT2D eigenvalue weighted by Gasteiger charge is -2.13. The molecule has 0 fully saturated rings. The SMILES string of the molecule is O=C(O)C(Cc1ccc2c(c1)OCO2)c1cccc(F)c1. The van der Waals surface area contributed by atoms with Crippen molar-refractivity contribution in [2.24, 2.45) is 0 Å². The van der Waals surface area contributed by atoms with Crippen LogP contribution < -0.4 is 9.47 Å². The first kappa shape index (κ1) is 13.4. The molecule has 1 atom stereocenters. The van der Waals surface area contributed by atoms with Gasteiger partial charge in [-0.05, 0) is 41.8 Å². The van der Waals surface area contributed by atoms with E-state index in [0.29, 0.717) is 17.1 Å². The van der Waals surface area contributed by atoms with Crippen molar-refractivity contribution in [3.63, 3.8) is 0 Å². The lowest BCUT2D eigenvalue weighted by Crippen LogP contribution is -2.14. The average Bonchev–Trinajstić information content (AvgIpc) is 2.92. The Morgan fingerprint density at radius 3 is 2.76 bits per heavy atom. The van der Waals surface area contributed by atoms with E-state index in [-0.39, 0.29) is 13.2 Å². The summed E-state index contributed by atoms with van der Waals surface area (Å²) in [5.41, 5.74) is 1.25. The molecule has 0 saturated heterocycles. The fourth-order valence-electron chi connectivity index (χ4n) is 2.37. The minimum Gasteiger partial charge on any atom is -0.481 e. The summed E-state index contributed by atoms with van der Waals surface area (Å²) in [7, 11) is 0. The molecule has 108 valence electrons. The predicted molar refractivity (Wildman–Crippen MR) is 73.0 cm³/mol. The number of carbonyl (C=O) groups is 1. The highest BCUT2D eigenvalue weighted by Crippen LogP contribution is 2.34. The van der Waals surface area contributed by atoms with Crippen LogP contribution in [0.15, 0.2) is 42.5 Å². The number of benzene rings is 2. The highest BCUT2D eigenvalue weighted by molar-refractivity contribution is 5.76. The summed E-state index contributed by atoms with van der Waals surface area (Å²) in [4.78, 5) is 11.5. The number of hydrogen-bond acceptors (Lipinski definition) is 3. The number of fused-ring (bicyclic) bond motifs is 1. The summed E-state index contributed by atoms with van der Waals surface area (Å²) < 4.78 is 23.8. The number of carboxylic acid groups (broad SMARTS) is 1. The molecule has 1 N–H and O–H groups in total. The van der Waals surface area contributed by atoms with Crippen molar-refractivity contribution in [2.45, 2.75) is 12.3 Å². The molecule has 3 rings (SSSR count). The van der Waals surface area contributed by atoms with Crippen LogP contribution in [0.3, 0.4) is 0 Å². The van der Waals surface area contributed by atoms with Crippen LogP contribution in [-0.4, -0.2) is 17.9 Å². The largest absolute Gasteiger partial charge is 0.481 e. The van der Waals surface area contributed by atoms with Gasteiger partial charge in [0.05, 0.1) is 5.92 Å². The molecule has 0 bridgehead atoms. The van der Waals surface area contributed by atoms with Gasteiger partial charge in [0.1, 0.15) is 5.82 Å². The zero-order valence-corrected chi connectivity index (χ0v) is 11.1. The molecule has 2 aromatic carbocycles. The van der Waals surface area contributed by atoms with E-state index >= 15 is 0 Å². The van der Waals surface area contributed by atoms with E-state index in [0.717, 1.165) is 5.56 Å². The van der Waals surface area contributed by atoms with Gasteiger partial charge in [-0.2, -0.15) is 0 Å². The van der Waals surface area contributed by atoms with Gasteiger partial charge in [0, 0.05) is 0 Å². The molecule has 0 radical (unpaired) electrons. The summed E-state index contributed by atoms with van der Waals surface area (Å²) in [6.45, 7) is 0.172. The third kappa shape index (κ3) is 2.81. The molecule has 5 heteroatoms. The van der Waals surface area contributed by atoms with Gasteiger partial charge in [-0.15, -0.1) is 0 Å². The van der Waals surface area contributed by atoms with Crippen molar-refractivity contribution in [1.29, 1.82) is 0 Å². The lowest BCUT2D eigenvalue weighted by atomic mass is 9.92. The van der Waals surface area contributed by atoms with Crippen LogP contribution in [-0.2, 0) is 11.2 Å². The van der Waals surface area contributed by atoms with E-state index in [4.69, 9.17) is 9.47 Å². The molecule has 2 aromatic rings. The smallest absolute Gasteiger partial charge is 0.311 e. The second-order valence-electron chi connectivity index (χ2n) is 4.84. The highest BCUT2D eigenvalue weighted by atomic mass is 19.1. The Labute approximate surface area is 120 Å². The zero-order valence-electron chi connectivity index (χ0n) is 11.1. The number of rotatable bonds is 4. The maximum Gasteiger partial charge on any atom is 0.311 e. The van der Waals surface area contributed by atoms with E-state index in [1.165, 1.54) is 18.2 Å². The Morgan fingerprint density at radius 2 is 2.00 bits per heavy atom. The Balaban J connectivity index is 1.87. The zero-order chi connectivity index (χ0) is 14.8. The molecule has 0 spiro atoms. The topological polar surface area (TPSA) is 55.8 Å². The maximum absolute atomic E-state index is 13.3. The molecule has 21 heavy (non-hydrogen) atoms. The Hall–Kier alpha value is -2.56. The molecule has 0 aliphatic carbocycles. The van der Waals surface area contributed by atoms with Crippen molar-refractivity contribution in [3.05, 3.63) is 59.4 Å². The van der Waals surface area contributed by atoms with Gasteiger partial charge in [0.25, 0.3) is 0 Å². The number of carboxylic acids is 1. The second kappa shape index (κ2) is 5.44. The first-order valence-electron chi connectivity index (χ1n) is 6.50. The van der Waals surface area contributed by atoms with Gasteiger partial charge >= 0.3 is 5.97 Å². The molecule has 1 unspecified atom stereocenters. The van der Waals surface area contributed by atoms with Crippen LogP contribution in [0.25, 0.3) is 0 Å². The third-order valence-corrected chi connectivity index (χ3v) is 3.43. The number of halogens is 1. The fraction of sp³-hybridized carbons (Fsp3) is 0.188. The van der Waals surface area contributed by atoms with Gasteiger partial charge < -0.3 is 14.6 Å². The quantitative estimate of drug-likeness (QED) is 0.939. The standard InChI is InChI=1S/C16H13FO4/c17-12-3-1-2-11(8-12)13(16(18)19)6-10-4-5-14-15(7-10)21-9-20-14/h1-5,7-8,13H,6,9H2,(H,18,19). The summed E-state index contributed by atoms with van der Waals surface area (Å²) in [6, 6.07) is 11.0. The van der Waals surface area contributed by atoms with Crippen LogP contribution >= 0.6 is 0 Å². The van der Waals surface area contributed by atoms with Gasteiger partial charge in [-0.1, -0.05) is 18.2 Å². The molecule has 1 heterocycles. The monoisotopic (exact) mass is 288 g/mol. The van der Waals surface area contributed by atoms with Gasteiger partial charge in [-0.3, -0.25) is 4.79 Å². The van der Waals surface area contributed by atoms with Crippen LogP contribution in [0, 0.1) is 5.82 Å². The predicted octanol–water partition coefficient (Wildman–Crippen LogP) is 2.97. The number of hydrogen-bond donors (Lipinski definition) is 1. The molecule has 1 aliphatic heterocycles. The minimum absolute atomic E-state index is 0.172. The molecule has 0 aromatic heterocycles. The van der Waals surface area contributed by atoms with Crippen molar-refractivity contribution in [3.8, 4) is 11.5 Å². The van der Waals surface area contributed by atoms with Crippen molar-refractivity contribution >= 4 is 5.97 Å². The van der Waals surface area contributed by atoms with Gasteiger partial charge in [0.2, 0.25) is 6.79 Å². The second-order valence-corrected chi connectivity index (χ2v) is 4.84. The van der Waals surface area contributed by atoms with E-state index in [2.05, 4.69) is 0 Å². The van der Waals surface area contributed by atoms with Crippen molar-refractivity contribution in [1.82, 2.24) is 0 Å². The number of aliphatic carboxylic acids is 1. The molecule has 0 saturated carbocycles. The Bertz CT molecular complexity index is 684. The van der Waals surface area contributed by atoms with E-state index in [1.807, 2.05) is 0 Å². The Kier molecular flexibility index (Phi) is 3.48. The van der Waals surface area contributed by atoms with Crippen molar-refractivity contribution in [2.75, 3.05) is 6.79 Å². The molecular weight excluding hydrogens is 275 g/mol. The van der Waals surface area contributed by atoms with E-state index in [9.17, 15) is 14.3 Å². The van der Waals surface area contributed by atoms with Crippen LogP contribution in [0.1, 0.15) is 17.0 Å². The van der Waals surface area contributed by atoms with Crippen LogP contribution in [0.5, 0.6) is 11.5 Å². The first-order chi connectivity index (χ1) is 10.1. The summed E-state index contributed by atoms with van der Waals surface area (Å²) >= 11 is 0. The molecule has 4 nitrogen and oxygen atoms in total. The fourth-order valence-corrected chi connectivity index (χ4v) is 2.37. The first-order valence-corrected chi connectivity index (χ1v) is 6.50. The minimum atomic E-state index is -0.988. The Morgan fingerprint density at radius 1 is 1.19 bits per heavy atom. The third-order valence-electron chi connectivity index (χ3n) is 3.43. The molecular formula is C16H13FO4. The highest BCUT2D eigenvalue weighted by Gasteiger charge is 2.22. The molecule has 0 amide bonds. The summed E-state index contributed by atoms with van der Waals surface area (Å²) in [6.07, 6.45) is 0.259. The van der Waals surface area contributed by atoms with Crippen LogP contribution in [0.2, 0.25) is 0 Å². The van der Waals surface area contributed by atoms with Crippen molar-refractivity contribution < 1.29 is 23.8 Å². The number of ether oxygens (including phenoxy) is 2. The lowest BCUT2D eigenvalue weighted by molar-refractivity contribution is -0.138. The normalized spacial score (nSPS) is 14.0. The average molecular weight is 288 g/mol. The summed E-state index contributed by atoms with van der Waals surface area (Å²) in [5.74, 6) is -0.976. The maximum atomic E-state index is 13.3. The van der Waals surface area contributed by atoms with E-state index in [1.54, 1.807) is 24.3 Å².